The molecule has 0 atom stereocenters. The smallest absolute Gasteiger partial charge is 0.387 e. The number of hydrogen-bond acceptors (Lipinski definition) is 5. The number of hydrazone groups is 2. The Balaban J connectivity index is 1.51. The minimum absolute atomic E-state index is 0.0917. The van der Waals surface area contributed by atoms with E-state index in [9.17, 15) is 13.6 Å². The van der Waals surface area contributed by atoms with Crippen LogP contribution in [0, 0.1) is 13.8 Å². The lowest BCUT2D eigenvalue weighted by Crippen LogP contribution is -2.25. The Hall–Kier alpha value is -4.27. The molecular formula is C25H25F2N5O2. The lowest BCUT2D eigenvalue weighted by Gasteiger charge is -2.10. The first kappa shape index (κ1) is 24.4. The van der Waals surface area contributed by atoms with Crippen LogP contribution >= 0.6 is 0 Å². The summed E-state index contributed by atoms with van der Waals surface area (Å²) in [5, 5.41) is 11.1. The summed E-state index contributed by atoms with van der Waals surface area (Å²) >= 11 is 0. The fraction of sp³-hybridized carbons (Fsp3) is 0.160. The molecule has 9 heteroatoms. The van der Waals surface area contributed by atoms with Crippen molar-refractivity contribution in [2.45, 2.75) is 27.4 Å². The number of nitrogens with one attached hydrogen (secondary N) is 3. The Morgan fingerprint density at radius 2 is 1.62 bits per heavy atom. The van der Waals surface area contributed by atoms with Crippen molar-refractivity contribution < 1.29 is 18.3 Å². The van der Waals surface area contributed by atoms with Crippen LogP contribution < -0.4 is 20.9 Å². The number of ether oxygens (including phenoxy) is 1. The number of alkyl halides is 2. The summed E-state index contributed by atoms with van der Waals surface area (Å²) in [6.45, 7) is 2.79. The van der Waals surface area contributed by atoms with Crippen LogP contribution in [0.2, 0.25) is 0 Å². The van der Waals surface area contributed by atoms with Gasteiger partial charge >= 0.3 is 12.6 Å². The standard InChI is InChI=1S/C25H25F2N5O2/c1-16-5-4-6-17(2)23(16)29-25(33)32-28-15-19-7-11-21(12-8-19)31-30-18(3)20-9-13-22(14-10-20)34-24(26)27/h4-15,24,31H,1-3H3,(H2,29,32,33)/b28-15+,30-18-. The molecule has 2 amide bonds. The SMILES string of the molecule is C/C(=N/Nc1ccc(/C=N/NC(=O)Nc2c(C)cccc2C)cc1)c1ccc(OC(F)F)cc1. The van der Waals surface area contributed by atoms with Crippen LogP contribution in [0.4, 0.5) is 25.0 Å². The summed E-state index contributed by atoms with van der Waals surface area (Å²) < 4.78 is 28.8. The molecule has 0 spiro atoms. The first-order valence-corrected chi connectivity index (χ1v) is 10.4. The molecule has 0 aliphatic heterocycles. The number of benzene rings is 3. The Morgan fingerprint density at radius 3 is 2.24 bits per heavy atom. The van der Waals surface area contributed by atoms with E-state index in [4.69, 9.17) is 0 Å². The first-order chi connectivity index (χ1) is 16.3. The third-order valence-corrected chi connectivity index (χ3v) is 4.86. The summed E-state index contributed by atoms with van der Waals surface area (Å²) in [6, 6.07) is 18.9. The Labute approximate surface area is 196 Å². The van der Waals surface area contributed by atoms with Crippen molar-refractivity contribution in [3.05, 3.63) is 89.0 Å². The second-order valence-corrected chi connectivity index (χ2v) is 7.42. The van der Waals surface area contributed by atoms with Gasteiger partial charge in [0.15, 0.2) is 0 Å². The van der Waals surface area contributed by atoms with E-state index in [0.29, 0.717) is 5.71 Å². The molecule has 0 radical (unpaired) electrons. The molecule has 0 heterocycles. The van der Waals surface area contributed by atoms with Crippen molar-refractivity contribution in [1.82, 2.24) is 5.43 Å². The van der Waals surface area contributed by atoms with Crippen molar-refractivity contribution in [3.63, 3.8) is 0 Å². The third kappa shape index (κ3) is 7.13. The highest BCUT2D eigenvalue weighted by Gasteiger charge is 2.06. The number of anilines is 2. The van der Waals surface area contributed by atoms with Gasteiger partial charge in [0.25, 0.3) is 0 Å². The van der Waals surface area contributed by atoms with E-state index in [1.807, 2.05) is 56.3 Å². The van der Waals surface area contributed by atoms with Gasteiger partial charge in [0.2, 0.25) is 0 Å². The molecule has 0 unspecified atom stereocenters. The molecule has 34 heavy (non-hydrogen) atoms. The number of rotatable bonds is 8. The molecule has 0 saturated carbocycles. The van der Waals surface area contributed by atoms with Crippen LogP contribution in [0.1, 0.15) is 29.2 Å². The van der Waals surface area contributed by atoms with Crippen LogP contribution in [-0.4, -0.2) is 24.6 Å². The maximum atomic E-state index is 12.2. The van der Waals surface area contributed by atoms with Gasteiger partial charge < -0.3 is 10.1 Å². The predicted octanol–water partition coefficient (Wildman–Crippen LogP) is 5.90. The summed E-state index contributed by atoms with van der Waals surface area (Å²) in [7, 11) is 0. The molecule has 3 aromatic carbocycles. The average molecular weight is 466 g/mol. The summed E-state index contributed by atoms with van der Waals surface area (Å²) in [6.07, 6.45) is 1.53. The summed E-state index contributed by atoms with van der Waals surface area (Å²) in [5.74, 6) is 0.0917. The fourth-order valence-electron chi connectivity index (χ4n) is 3.05. The number of aryl methyl sites for hydroxylation is 2. The van der Waals surface area contributed by atoms with E-state index in [1.54, 1.807) is 19.1 Å². The van der Waals surface area contributed by atoms with Crippen LogP contribution in [0.3, 0.4) is 0 Å². The largest absolute Gasteiger partial charge is 0.435 e. The number of halogens is 2. The maximum Gasteiger partial charge on any atom is 0.387 e. The molecule has 0 saturated heterocycles. The second-order valence-electron chi connectivity index (χ2n) is 7.42. The van der Waals surface area contributed by atoms with Gasteiger partial charge in [-0.05, 0) is 79.4 Å². The summed E-state index contributed by atoms with van der Waals surface area (Å²) in [4.78, 5) is 12.1. The number of nitrogens with zero attached hydrogens (tertiary/aromatic N) is 2. The lowest BCUT2D eigenvalue weighted by atomic mass is 10.1. The minimum atomic E-state index is -2.86. The quantitative estimate of drug-likeness (QED) is 0.286. The van der Waals surface area contributed by atoms with Crippen LogP contribution in [-0.2, 0) is 0 Å². The minimum Gasteiger partial charge on any atom is -0.435 e. The van der Waals surface area contributed by atoms with Crippen LogP contribution in [0.5, 0.6) is 5.75 Å². The van der Waals surface area contributed by atoms with Gasteiger partial charge in [-0.25, -0.2) is 10.2 Å². The van der Waals surface area contributed by atoms with Crippen molar-refractivity contribution in [2.75, 3.05) is 10.7 Å². The molecule has 3 aromatic rings. The number of para-hydroxylation sites is 1. The molecule has 176 valence electrons. The highest BCUT2D eigenvalue weighted by molar-refractivity contribution is 5.99. The predicted molar refractivity (Wildman–Crippen MR) is 131 cm³/mol. The van der Waals surface area contributed by atoms with Crippen molar-refractivity contribution >= 4 is 29.3 Å². The average Bonchev–Trinajstić information content (AvgIpc) is 2.81. The summed E-state index contributed by atoms with van der Waals surface area (Å²) in [5.41, 5.74) is 11.1. The zero-order chi connectivity index (χ0) is 24.5. The highest BCUT2D eigenvalue weighted by Crippen LogP contribution is 2.19. The topological polar surface area (TPSA) is 87.1 Å². The number of carbonyl (C=O) groups excluding carboxylic acids is 1. The van der Waals surface area contributed by atoms with E-state index in [-0.39, 0.29) is 5.75 Å². The number of carbonyl (C=O) groups is 1. The molecule has 0 aromatic heterocycles. The van der Waals surface area contributed by atoms with E-state index in [2.05, 4.69) is 31.1 Å². The van der Waals surface area contributed by atoms with Gasteiger partial charge in [0, 0.05) is 5.69 Å². The molecular weight excluding hydrogens is 440 g/mol. The van der Waals surface area contributed by atoms with E-state index < -0.39 is 12.6 Å². The number of hydrogen-bond donors (Lipinski definition) is 3. The van der Waals surface area contributed by atoms with Crippen molar-refractivity contribution in [1.29, 1.82) is 0 Å². The first-order valence-electron chi connectivity index (χ1n) is 10.4. The van der Waals surface area contributed by atoms with Gasteiger partial charge in [-0.2, -0.15) is 19.0 Å². The number of urea groups is 1. The maximum absolute atomic E-state index is 12.2. The lowest BCUT2D eigenvalue weighted by molar-refractivity contribution is -0.0498. The van der Waals surface area contributed by atoms with Crippen molar-refractivity contribution in [3.8, 4) is 5.75 Å². The van der Waals surface area contributed by atoms with Crippen molar-refractivity contribution in [2.24, 2.45) is 10.2 Å². The monoisotopic (exact) mass is 465 g/mol. The van der Waals surface area contributed by atoms with Crippen LogP contribution in [0.25, 0.3) is 0 Å². The van der Waals surface area contributed by atoms with Gasteiger partial charge in [-0.3, -0.25) is 5.43 Å². The molecule has 0 bridgehead atoms. The normalized spacial score (nSPS) is 11.5. The molecule has 7 nitrogen and oxygen atoms in total. The fourth-order valence-corrected chi connectivity index (χ4v) is 3.05. The number of amides is 2. The Bertz CT molecular complexity index is 1160. The van der Waals surface area contributed by atoms with Gasteiger partial charge in [-0.15, -0.1) is 0 Å². The Kier molecular flexibility index (Phi) is 8.28. The molecule has 3 N–H and O–H groups in total. The zero-order valence-electron chi connectivity index (χ0n) is 19.0. The van der Waals surface area contributed by atoms with E-state index in [0.717, 1.165) is 33.6 Å². The second kappa shape index (κ2) is 11.6. The molecule has 0 fully saturated rings. The Morgan fingerprint density at radius 1 is 0.971 bits per heavy atom. The molecule has 0 aliphatic rings. The van der Waals surface area contributed by atoms with E-state index in [1.165, 1.54) is 18.3 Å². The van der Waals surface area contributed by atoms with Gasteiger partial charge in [0.05, 0.1) is 17.6 Å². The van der Waals surface area contributed by atoms with E-state index >= 15 is 0 Å². The zero-order valence-corrected chi connectivity index (χ0v) is 19.0. The highest BCUT2D eigenvalue weighted by atomic mass is 19.3. The van der Waals surface area contributed by atoms with Gasteiger partial charge in [0.1, 0.15) is 5.75 Å². The van der Waals surface area contributed by atoms with Crippen LogP contribution in [0.15, 0.2) is 76.9 Å². The third-order valence-electron chi connectivity index (χ3n) is 4.86. The molecule has 0 aliphatic carbocycles. The molecule has 3 rings (SSSR count). The van der Waals surface area contributed by atoms with Gasteiger partial charge in [-0.1, -0.05) is 30.3 Å².